The fourth-order valence-electron chi connectivity index (χ4n) is 2.14. The number of likely N-dealkylation sites (tertiary alicyclic amines) is 1. The van der Waals surface area contributed by atoms with E-state index >= 15 is 0 Å². The van der Waals surface area contributed by atoms with Gasteiger partial charge in [0, 0.05) is 0 Å². The van der Waals surface area contributed by atoms with Crippen LogP contribution in [0.15, 0.2) is 0 Å². The second-order valence-electron chi connectivity index (χ2n) is 4.11. The molecule has 2 rings (SSSR count). The molecule has 1 spiro atoms. The van der Waals surface area contributed by atoms with E-state index in [-0.39, 0.29) is 0 Å². The highest BCUT2D eigenvalue weighted by atomic mass is 32.2. The Labute approximate surface area is 87.3 Å². The van der Waals surface area contributed by atoms with Crippen molar-refractivity contribution in [1.29, 1.82) is 0 Å². The van der Waals surface area contributed by atoms with Crippen molar-refractivity contribution in [3.63, 3.8) is 0 Å². The van der Waals surface area contributed by atoms with E-state index in [4.69, 9.17) is 0 Å². The summed E-state index contributed by atoms with van der Waals surface area (Å²) in [7, 11) is 2.24. The van der Waals surface area contributed by atoms with E-state index in [1.807, 2.05) is 13.8 Å². The van der Waals surface area contributed by atoms with Crippen molar-refractivity contribution in [1.82, 2.24) is 4.90 Å². The van der Waals surface area contributed by atoms with Crippen LogP contribution in [-0.4, -0.2) is 36.5 Å². The van der Waals surface area contributed by atoms with E-state index in [1.165, 1.54) is 43.9 Å². The predicted molar refractivity (Wildman–Crippen MR) is 62.5 cm³/mol. The Morgan fingerprint density at radius 1 is 1.08 bits per heavy atom. The number of nitrogens with zero attached hydrogens (tertiary/aromatic N) is 1. The second-order valence-corrected chi connectivity index (χ2v) is 5.21. The zero-order valence-corrected chi connectivity index (χ0v) is 10.1. The van der Waals surface area contributed by atoms with Crippen LogP contribution < -0.4 is 0 Å². The number of hydrogen-bond donors (Lipinski definition) is 0. The minimum Gasteiger partial charge on any atom is -0.306 e. The lowest BCUT2D eigenvalue weighted by Crippen LogP contribution is -2.37. The molecule has 0 bridgehead atoms. The molecule has 0 amide bonds. The molecule has 1 nitrogen and oxygen atoms in total. The van der Waals surface area contributed by atoms with Crippen molar-refractivity contribution in [3.05, 3.63) is 0 Å². The number of piperidine rings is 1. The summed E-state index contributed by atoms with van der Waals surface area (Å²) in [4.78, 5) is 2.47. The highest BCUT2D eigenvalue weighted by Crippen LogP contribution is 2.43. The minimum absolute atomic E-state index is 0.775. The normalized spacial score (nSPS) is 27.0. The molecule has 2 saturated heterocycles. The van der Waals surface area contributed by atoms with Gasteiger partial charge in [0.15, 0.2) is 0 Å². The predicted octanol–water partition coefficient (Wildman–Crippen LogP) is 2.86. The fraction of sp³-hybridized carbons (Fsp3) is 1.00. The first kappa shape index (κ1) is 11.4. The zero-order valence-electron chi connectivity index (χ0n) is 9.31. The first-order valence-corrected chi connectivity index (χ1v) is 6.73. The van der Waals surface area contributed by atoms with Crippen molar-refractivity contribution in [3.8, 4) is 0 Å². The molecule has 0 atom stereocenters. The van der Waals surface area contributed by atoms with Gasteiger partial charge in [-0.3, -0.25) is 0 Å². The van der Waals surface area contributed by atoms with Crippen LogP contribution in [0.25, 0.3) is 0 Å². The summed E-state index contributed by atoms with van der Waals surface area (Å²) in [5.74, 6) is 2.87. The third-order valence-electron chi connectivity index (χ3n) is 3.23. The van der Waals surface area contributed by atoms with Gasteiger partial charge in [0.1, 0.15) is 0 Å². The average Bonchev–Trinajstić information content (AvgIpc) is 2.63. The highest BCUT2D eigenvalue weighted by molar-refractivity contribution is 7.99. The molecule has 0 unspecified atom stereocenters. The molecule has 0 radical (unpaired) electrons. The van der Waals surface area contributed by atoms with Crippen molar-refractivity contribution in [2.75, 3.05) is 31.6 Å². The molecule has 2 aliphatic rings. The van der Waals surface area contributed by atoms with Crippen molar-refractivity contribution >= 4 is 11.8 Å². The molecule has 0 aliphatic carbocycles. The lowest BCUT2D eigenvalue weighted by atomic mass is 9.78. The molecular formula is C11H23NS. The third kappa shape index (κ3) is 2.88. The Kier molecular flexibility index (Phi) is 4.60. The maximum Gasteiger partial charge on any atom is -0.000955 e. The van der Waals surface area contributed by atoms with Crippen molar-refractivity contribution in [2.45, 2.75) is 33.1 Å². The van der Waals surface area contributed by atoms with Gasteiger partial charge < -0.3 is 4.90 Å². The van der Waals surface area contributed by atoms with Gasteiger partial charge in [-0.1, -0.05) is 13.8 Å². The van der Waals surface area contributed by atoms with Crippen LogP contribution in [0.1, 0.15) is 33.1 Å². The van der Waals surface area contributed by atoms with Gasteiger partial charge in [0.05, 0.1) is 0 Å². The highest BCUT2D eigenvalue weighted by Gasteiger charge is 2.36. The van der Waals surface area contributed by atoms with E-state index < -0.39 is 0 Å². The van der Waals surface area contributed by atoms with Gasteiger partial charge >= 0.3 is 0 Å². The summed E-state index contributed by atoms with van der Waals surface area (Å²) >= 11 is 2.16. The van der Waals surface area contributed by atoms with Crippen LogP contribution in [0.5, 0.6) is 0 Å². The molecule has 2 fully saturated rings. The maximum absolute atomic E-state index is 2.47. The summed E-state index contributed by atoms with van der Waals surface area (Å²) in [6.07, 6.45) is 4.40. The molecule has 0 aromatic carbocycles. The quantitative estimate of drug-likeness (QED) is 0.593. The van der Waals surface area contributed by atoms with E-state index in [1.54, 1.807) is 0 Å². The summed E-state index contributed by atoms with van der Waals surface area (Å²) in [6.45, 7) is 6.67. The van der Waals surface area contributed by atoms with E-state index in [0.29, 0.717) is 0 Å². The molecule has 0 aromatic heterocycles. The van der Waals surface area contributed by atoms with E-state index in [0.717, 1.165) is 5.41 Å². The first-order chi connectivity index (χ1) is 6.31. The average molecular weight is 201 g/mol. The molecular weight excluding hydrogens is 178 g/mol. The Bertz CT molecular complexity index is 131. The van der Waals surface area contributed by atoms with Crippen LogP contribution in [0.3, 0.4) is 0 Å². The smallest absolute Gasteiger partial charge is 0.000955 e. The van der Waals surface area contributed by atoms with Gasteiger partial charge in [-0.25, -0.2) is 0 Å². The molecule has 2 heteroatoms. The van der Waals surface area contributed by atoms with E-state index in [9.17, 15) is 0 Å². The summed E-state index contributed by atoms with van der Waals surface area (Å²) in [6, 6.07) is 0. The van der Waals surface area contributed by atoms with Crippen LogP contribution >= 0.6 is 11.8 Å². The number of thioether (sulfide) groups is 1. The molecule has 2 aliphatic heterocycles. The first-order valence-electron chi connectivity index (χ1n) is 5.57. The molecule has 13 heavy (non-hydrogen) atoms. The van der Waals surface area contributed by atoms with Crippen LogP contribution in [0.4, 0.5) is 0 Å². The molecule has 78 valence electrons. The lowest BCUT2D eigenvalue weighted by molar-refractivity contribution is 0.146. The monoisotopic (exact) mass is 201 g/mol. The largest absolute Gasteiger partial charge is 0.306 e. The minimum atomic E-state index is 0.775. The molecule has 0 aromatic rings. The fourth-order valence-corrected chi connectivity index (χ4v) is 3.72. The van der Waals surface area contributed by atoms with Crippen LogP contribution in [0, 0.1) is 5.41 Å². The molecule has 2 heterocycles. The topological polar surface area (TPSA) is 3.24 Å². The van der Waals surface area contributed by atoms with Gasteiger partial charge in [-0.05, 0) is 56.3 Å². The Hall–Kier alpha value is 0.310. The van der Waals surface area contributed by atoms with Gasteiger partial charge in [-0.2, -0.15) is 11.8 Å². The number of hydrogen-bond acceptors (Lipinski definition) is 2. The Morgan fingerprint density at radius 2 is 1.69 bits per heavy atom. The summed E-state index contributed by atoms with van der Waals surface area (Å²) in [5, 5.41) is 0. The van der Waals surface area contributed by atoms with Gasteiger partial charge in [0.25, 0.3) is 0 Å². The molecule has 0 saturated carbocycles. The standard InChI is InChI=1S/C9H17NS.C2H6/c1-10-5-2-9(3-6-10)4-7-11-8-9;1-2/h2-8H2,1H3;1-2H3. The van der Waals surface area contributed by atoms with E-state index in [2.05, 4.69) is 23.7 Å². The zero-order chi connectivity index (χ0) is 9.73. The molecule has 0 N–H and O–H groups in total. The third-order valence-corrected chi connectivity index (χ3v) is 4.54. The summed E-state index contributed by atoms with van der Waals surface area (Å²) < 4.78 is 0. The van der Waals surface area contributed by atoms with Crippen LogP contribution in [0.2, 0.25) is 0 Å². The van der Waals surface area contributed by atoms with Crippen LogP contribution in [-0.2, 0) is 0 Å². The van der Waals surface area contributed by atoms with Crippen molar-refractivity contribution in [2.24, 2.45) is 5.41 Å². The van der Waals surface area contributed by atoms with Crippen molar-refractivity contribution < 1.29 is 0 Å². The van der Waals surface area contributed by atoms with Gasteiger partial charge in [0.2, 0.25) is 0 Å². The number of rotatable bonds is 0. The van der Waals surface area contributed by atoms with Gasteiger partial charge in [-0.15, -0.1) is 0 Å². The SMILES string of the molecule is CC.CN1CCC2(CCSC2)CC1. The Balaban J connectivity index is 0.000000396. The maximum atomic E-state index is 2.47. The second kappa shape index (κ2) is 5.26. The Morgan fingerprint density at radius 3 is 2.15 bits per heavy atom. The summed E-state index contributed by atoms with van der Waals surface area (Å²) in [5.41, 5.74) is 0.775. The lowest BCUT2D eigenvalue weighted by Gasteiger charge is -2.37.